The Hall–Kier alpha value is -0.830. The maximum Gasteiger partial charge on any atom is 0.330 e. The lowest BCUT2D eigenvalue weighted by atomic mass is 9.51. The van der Waals surface area contributed by atoms with E-state index in [1.165, 1.54) is 122 Å². The number of hydrogen-bond donors (Lipinski definition) is 1. The predicted octanol–water partition coefficient (Wildman–Crippen LogP) is 12.8. The van der Waals surface area contributed by atoms with Gasteiger partial charge in [-0.15, -0.1) is 0 Å². The Morgan fingerprint density at radius 2 is 1.00 bits per heavy atom. The monoisotopic (exact) mass is 631 g/mol. The lowest BCUT2D eigenvalue weighted by Gasteiger charge is -2.56. The number of ether oxygens (including phenoxy) is 1. The summed E-state index contributed by atoms with van der Waals surface area (Å²) in [5.74, 6) is 7.96. The fraction of sp³-hybridized carbons (Fsp3) is 0.929. The summed E-state index contributed by atoms with van der Waals surface area (Å²) in [4.78, 5) is 9.60. The van der Waals surface area contributed by atoms with Crippen LogP contribution in [-0.4, -0.2) is 23.3 Å². The average molecular weight is 631 g/mol. The van der Waals surface area contributed by atoms with Crippen LogP contribution in [0.2, 0.25) is 0 Å². The van der Waals surface area contributed by atoms with Crippen LogP contribution in [0.1, 0.15) is 178 Å². The summed E-state index contributed by atoms with van der Waals surface area (Å²) in [6.07, 6.45) is 26.6. The van der Waals surface area contributed by atoms with Crippen LogP contribution in [-0.2, 0) is 9.53 Å². The van der Waals surface area contributed by atoms with Gasteiger partial charge in [0.2, 0.25) is 0 Å². The fourth-order valence-corrected chi connectivity index (χ4v) is 10.5. The third-order valence-corrected chi connectivity index (χ3v) is 13.0. The first kappa shape index (κ1) is 40.3. The van der Waals surface area contributed by atoms with E-state index in [0.29, 0.717) is 0 Å². The summed E-state index contributed by atoms with van der Waals surface area (Å²) in [6.45, 7) is 25.0. The Morgan fingerprint density at radius 3 is 1.29 bits per heavy atom. The van der Waals surface area contributed by atoms with Crippen molar-refractivity contribution < 1.29 is 14.6 Å². The molecule has 0 aromatic heterocycles. The van der Waals surface area contributed by atoms with Gasteiger partial charge in [0.1, 0.15) is 0 Å². The number of aliphatic carboxylic acids is 1. The number of carbonyl (C=O) groups is 1. The predicted molar refractivity (Wildman–Crippen MR) is 195 cm³/mol. The first-order valence-corrected chi connectivity index (χ1v) is 19.9. The highest BCUT2D eigenvalue weighted by Crippen LogP contribution is 2.57. The fourth-order valence-electron chi connectivity index (χ4n) is 10.5. The molecule has 0 aliphatic heterocycles. The van der Waals surface area contributed by atoms with Gasteiger partial charge in [-0.3, -0.25) is 0 Å². The molecule has 0 aromatic rings. The van der Waals surface area contributed by atoms with Gasteiger partial charge in [-0.2, -0.15) is 0 Å². The molecule has 1 N–H and O–H groups in total. The van der Waals surface area contributed by atoms with E-state index in [4.69, 9.17) is 9.84 Å². The van der Waals surface area contributed by atoms with Crippen molar-refractivity contribution in [1.82, 2.24) is 0 Å². The van der Waals surface area contributed by atoms with Crippen LogP contribution in [0.25, 0.3) is 0 Å². The van der Waals surface area contributed by atoms with E-state index in [2.05, 4.69) is 62.0 Å². The zero-order chi connectivity index (χ0) is 33.6. The summed E-state index contributed by atoms with van der Waals surface area (Å²) in [5, 5.41) is 7.89. The maximum atomic E-state index is 9.60. The van der Waals surface area contributed by atoms with Crippen LogP contribution in [0, 0.1) is 59.2 Å². The van der Waals surface area contributed by atoms with Crippen molar-refractivity contribution in [2.24, 2.45) is 59.2 Å². The van der Waals surface area contributed by atoms with Crippen molar-refractivity contribution in [3.63, 3.8) is 0 Å². The van der Waals surface area contributed by atoms with E-state index in [9.17, 15) is 4.79 Å². The molecule has 4 aliphatic rings. The molecule has 45 heavy (non-hydrogen) atoms. The highest BCUT2D eigenvalue weighted by atomic mass is 16.5. The summed E-state index contributed by atoms with van der Waals surface area (Å²) in [5.41, 5.74) is 0.171. The smallest absolute Gasteiger partial charge is 0.330 e. The second-order valence-electron chi connectivity index (χ2n) is 16.7. The lowest BCUT2D eigenvalue weighted by molar-refractivity contribution is -0.145. The molecular formula is C42H78O3. The van der Waals surface area contributed by atoms with Gasteiger partial charge in [-0.1, -0.05) is 144 Å². The van der Waals surface area contributed by atoms with Gasteiger partial charge in [0, 0.05) is 12.2 Å². The van der Waals surface area contributed by atoms with Gasteiger partial charge in [0.05, 0.1) is 5.60 Å². The molecule has 0 heterocycles. The average Bonchev–Trinajstić information content (AvgIpc) is 3.05. The van der Waals surface area contributed by atoms with Gasteiger partial charge in [-0.25, -0.2) is 4.79 Å². The molecule has 4 fully saturated rings. The molecule has 3 nitrogen and oxygen atoms in total. The standard InChI is InChI=1S/C35H64O.C4H6O2.C3H8/c1-7-36-35(5,6)34-32(26(3)29-19-13-9-14-20-29)23-31(25(2)28-17-11-8-12-18-28)24-33(34)27(4)30-21-15-10-16-22-30;1-3(2)4(5)6;1-3-2/h25-34H,7-24H2,1-6H3;1H2,2H3,(H,5,6);3H2,1-2H3. The molecule has 0 radical (unpaired) electrons. The minimum atomic E-state index is -0.935. The quantitative estimate of drug-likeness (QED) is 0.244. The maximum absolute atomic E-state index is 9.60. The van der Waals surface area contributed by atoms with Crippen LogP contribution in [0.15, 0.2) is 12.2 Å². The molecule has 4 rings (SSSR count). The van der Waals surface area contributed by atoms with Gasteiger partial charge >= 0.3 is 5.97 Å². The summed E-state index contributed by atoms with van der Waals surface area (Å²) >= 11 is 0. The molecule has 264 valence electrons. The molecule has 4 aliphatic carbocycles. The molecule has 3 heteroatoms. The Kier molecular flexibility index (Phi) is 18.4. The SMILES string of the molecule is C=C(C)C(=O)O.CCC.CCOC(C)(C)C1C(C(C)C2CCCCC2)CC(C(C)C2CCCCC2)CC1C(C)C1CCCCC1. The van der Waals surface area contributed by atoms with Crippen LogP contribution in [0.4, 0.5) is 0 Å². The molecule has 0 saturated heterocycles. The van der Waals surface area contributed by atoms with E-state index in [0.717, 1.165) is 65.8 Å². The second-order valence-corrected chi connectivity index (χ2v) is 16.7. The van der Waals surface area contributed by atoms with Gasteiger partial charge in [0.15, 0.2) is 0 Å². The minimum absolute atomic E-state index is 0.00498. The van der Waals surface area contributed by atoms with E-state index in [-0.39, 0.29) is 11.2 Å². The van der Waals surface area contributed by atoms with Crippen molar-refractivity contribution in [2.75, 3.05) is 6.61 Å². The molecule has 5 atom stereocenters. The van der Waals surface area contributed by atoms with Crippen LogP contribution < -0.4 is 0 Å². The van der Waals surface area contributed by atoms with E-state index >= 15 is 0 Å². The molecular weight excluding hydrogens is 552 g/mol. The minimum Gasteiger partial charge on any atom is -0.478 e. The lowest BCUT2D eigenvalue weighted by Crippen LogP contribution is -2.53. The topological polar surface area (TPSA) is 46.5 Å². The summed E-state index contributed by atoms with van der Waals surface area (Å²) < 4.78 is 6.72. The van der Waals surface area contributed by atoms with Crippen LogP contribution in [0.5, 0.6) is 0 Å². The van der Waals surface area contributed by atoms with E-state index < -0.39 is 5.97 Å². The zero-order valence-electron chi connectivity index (χ0n) is 31.7. The zero-order valence-corrected chi connectivity index (χ0v) is 31.7. The van der Waals surface area contributed by atoms with Crippen molar-refractivity contribution in [3.05, 3.63) is 12.2 Å². The Labute approximate surface area is 281 Å². The van der Waals surface area contributed by atoms with Crippen molar-refractivity contribution in [3.8, 4) is 0 Å². The van der Waals surface area contributed by atoms with E-state index in [1.54, 1.807) is 0 Å². The van der Waals surface area contributed by atoms with Gasteiger partial charge in [0.25, 0.3) is 0 Å². The van der Waals surface area contributed by atoms with Crippen LogP contribution >= 0.6 is 0 Å². The highest BCUT2D eigenvalue weighted by Gasteiger charge is 2.52. The number of hydrogen-bond acceptors (Lipinski definition) is 2. The Balaban J connectivity index is 0.000000691. The molecule has 4 saturated carbocycles. The largest absolute Gasteiger partial charge is 0.478 e. The van der Waals surface area contributed by atoms with Gasteiger partial charge < -0.3 is 9.84 Å². The third-order valence-electron chi connectivity index (χ3n) is 13.0. The molecule has 0 bridgehead atoms. The van der Waals surface area contributed by atoms with Crippen molar-refractivity contribution in [1.29, 1.82) is 0 Å². The molecule has 0 aromatic carbocycles. The first-order valence-electron chi connectivity index (χ1n) is 19.9. The Morgan fingerprint density at radius 1 is 0.689 bits per heavy atom. The molecule has 5 unspecified atom stereocenters. The van der Waals surface area contributed by atoms with E-state index in [1.807, 2.05) is 0 Å². The van der Waals surface area contributed by atoms with Crippen molar-refractivity contribution >= 4 is 5.97 Å². The van der Waals surface area contributed by atoms with Gasteiger partial charge in [-0.05, 0) is 99.7 Å². The summed E-state index contributed by atoms with van der Waals surface area (Å²) in [6, 6.07) is 0. The number of carboxylic acids is 1. The Bertz CT molecular complexity index is 768. The first-order chi connectivity index (χ1) is 21.4. The third kappa shape index (κ3) is 12.3. The second kappa shape index (κ2) is 20.5. The van der Waals surface area contributed by atoms with Crippen LogP contribution in [0.3, 0.4) is 0 Å². The number of rotatable bonds is 10. The van der Waals surface area contributed by atoms with Crippen molar-refractivity contribution in [2.45, 2.75) is 183 Å². The molecule has 0 amide bonds. The summed E-state index contributed by atoms with van der Waals surface area (Å²) in [7, 11) is 0. The normalized spacial score (nSPS) is 29.3. The highest BCUT2D eigenvalue weighted by molar-refractivity contribution is 5.84. The molecule has 0 spiro atoms. The number of carboxylic acid groups (broad SMARTS) is 1.